The molecular formula is C24H24N3OS+. The van der Waals surface area contributed by atoms with E-state index in [0.29, 0.717) is 5.75 Å². The van der Waals surface area contributed by atoms with Crippen LogP contribution in [0.5, 0.6) is 0 Å². The van der Waals surface area contributed by atoms with Gasteiger partial charge < -0.3 is 5.32 Å². The highest BCUT2D eigenvalue weighted by atomic mass is 32.2. The van der Waals surface area contributed by atoms with Gasteiger partial charge in [0, 0.05) is 5.69 Å². The number of hydrogen-bond acceptors (Lipinski definition) is 2. The molecule has 0 atom stereocenters. The van der Waals surface area contributed by atoms with Crippen LogP contribution in [0.4, 0.5) is 5.69 Å². The van der Waals surface area contributed by atoms with E-state index < -0.39 is 0 Å². The van der Waals surface area contributed by atoms with Crippen LogP contribution < -0.4 is 9.88 Å². The number of amides is 1. The molecule has 2 N–H and O–H groups in total. The van der Waals surface area contributed by atoms with Crippen molar-refractivity contribution in [2.45, 2.75) is 25.5 Å². The summed E-state index contributed by atoms with van der Waals surface area (Å²) in [7, 11) is 0. The molecule has 5 heteroatoms. The maximum absolute atomic E-state index is 12.5. The van der Waals surface area contributed by atoms with Crippen LogP contribution >= 0.6 is 11.8 Å². The minimum Gasteiger partial charge on any atom is -0.325 e. The zero-order chi connectivity index (χ0) is 20.2. The zero-order valence-corrected chi connectivity index (χ0v) is 17.4. The van der Waals surface area contributed by atoms with E-state index in [2.05, 4.69) is 57.3 Å². The number of imidazole rings is 1. The lowest BCUT2D eigenvalue weighted by molar-refractivity contribution is -0.700. The molecule has 0 fully saturated rings. The third-order valence-corrected chi connectivity index (χ3v) is 5.71. The van der Waals surface area contributed by atoms with E-state index in [1.54, 1.807) is 0 Å². The maximum Gasteiger partial charge on any atom is 0.317 e. The Hall–Kier alpha value is -3.05. The van der Waals surface area contributed by atoms with Gasteiger partial charge in [0.2, 0.25) is 5.91 Å². The normalized spacial score (nSPS) is 11.0. The highest BCUT2D eigenvalue weighted by Crippen LogP contribution is 2.20. The van der Waals surface area contributed by atoms with E-state index in [-0.39, 0.29) is 5.91 Å². The number of rotatable bonds is 6. The van der Waals surface area contributed by atoms with Crippen molar-refractivity contribution in [3.05, 3.63) is 89.5 Å². The molecule has 4 rings (SSSR count). The number of carbonyl (C=O) groups excluding carboxylic acids is 1. The molecule has 146 valence electrons. The van der Waals surface area contributed by atoms with E-state index in [9.17, 15) is 4.79 Å². The van der Waals surface area contributed by atoms with Crippen molar-refractivity contribution in [2.24, 2.45) is 0 Å². The molecule has 4 nitrogen and oxygen atoms in total. The van der Waals surface area contributed by atoms with Crippen molar-refractivity contribution < 1.29 is 9.36 Å². The molecule has 0 aliphatic carbocycles. The van der Waals surface area contributed by atoms with E-state index in [1.807, 2.05) is 44.2 Å². The smallest absolute Gasteiger partial charge is 0.317 e. The maximum atomic E-state index is 12.5. The van der Waals surface area contributed by atoms with Crippen molar-refractivity contribution >= 4 is 34.4 Å². The first-order chi connectivity index (χ1) is 14.1. The van der Waals surface area contributed by atoms with E-state index in [4.69, 9.17) is 0 Å². The SMILES string of the molecule is Cc1cc(C)cc(NC(=O)CSc2[nH]c3ccccc3[n+]2Cc2ccccc2)c1. The molecule has 0 spiro atoms. The van der Waals surface area contributed by atoms with Crippen LogP contribution in [0.2, 0.25) is 0 Å². The summed E-state index contributed by atoms with van der Waals surface area (Å²) in [5, 5.41) is 3.99. The number of aromatic nitrogens is 2. The van der Waals surface area contributed by atoms with Gasteiger partial charge in [-0.3, -0.25) is 4.79 Å². The van der Waals surface area contributed by atoms with Crippen LogP contribution in [0.3, 0.4) is 0 Å². The van der Waals surface area contributed by atoms with Crippen molar-refractivity contribution in [2.75, 3.05) is 11.1 Å². The van der Waals surface area contributed by atoms with Gasteiger partial charge in [-0.1, -0.05) is 48.5 Å². The van der Waals surface area contributed by atoms with Gasteiger partial charge in [0.15, 0.2) is 11.0 Å². The minimum absolute atomic E-state index is 0.00934. The highest BCUT2D eigenvalue weighted by Gasteiger charge is 2.20. The molecule has 0 bridgehead atoms. The Morgan fingerprint density at radius 1 is 0.966 bits per heavy atom. The molecule has 4 aromatic rings. The summed E-state index contributed by atoms with van der Waals surface area (Å²) in [6.07, 6.45) is 0. The zero-order valence-electron chi connectivity index (χ0n) is 16.6. The van der Waals surface area contributed by atoms with Gasteiger partial charge >= 0.3 is 5.16 Å². The Morgan fingerprint density at radius 2 is 1.66 bits per heavy atom. The first kappa shape index (κ1) is 19.3. The third kappa shape index (κ3) is 4.69. The van der Waals surface area contributed by atoms with Crippen LogP contribution in [0.15, 0.2) is 78.0 Å². The van der Waals surface area contributed by atoms with Gasteiger partial charge in [-0.05, 0) is 66.6 Å². The van der Waals surface area contributed by atoms with Gasteiger partial charge in [-0.15, -0.1) is 0 Å². The molecular weight excluding hydrogens is 378 g/mol. The number of hydrogen-bond donors (Lipinski definition) is 2. The summed E-state index contributed by atoms with van der Waals surface area (Å²) < 4.78 is 2.24. The fourth-order valence-electron chi connectivity index (χ4n) is 3.52. The number of carbonyl (C=O) groups is 1. The Bertz CT molecular complexity index is 1130. The van der Waals surface area contributed by atoms with Crippen molar-refractivity contribution in [1.29, 1.82) is 0 Å². The molecule has 0 aliphatic heterocycles. The lowest BCUT2D eigenvalue weighted by Crippen LogP contribution is -2.35. The summed E-state index contributed by atoms with van der Waals surface area (Å²) in [5.74, 6) is 0.333. The Morgan fingerprint density at radius 3 is 2.41 bits per heavy atom. The summed E-state index contributed by atoms with van der Waals surface area (Å²) >= 11 is 1.52. The molecule has 0 aliphatic rings. The predicted octanol–water partition coefficient (Wildman–Crippen LogP) is 4.85. The Balaban J connectivity index is 1.52. The standard InChI is InChI=1S/C24H23N3OS/c1-17-12-18(2)14-20(13-17)25-23(28)16-29-24-26-21-10-6-7-11-22(21)27(24)15-19-8-4-3-5-9-19/h3-14H,15-16H2,1-2H3,(H,25,28)/p+1. The lowest BCUT2D eigenvalue weighted by atomic mass is 10.1. The van der Waals surface area contributed by atoms with E-state index in [0.717, 1.165) is 39.5 Å². The molecule has 1 amide bonds. The summed E-state index contributed by atoms with van der Waals surface area (Å²) in [6.45, 7) is 4.83. The number of aryl methyl sites for hydroxylation is 2. The number of anilines is 1. The monoisotopic (exact) mass is 402 g/mol. The van der Waals surface area contributed by atoms with E-state index >= 15 is 0 Å². The lowest BCUT2D eigenvalue weighted by Gasteiger charge is -2.07. The molecule has 0 unspecified atom stereocenters. The van der Waals surface area contributed by atoms with Gasteiger partial charge in [-0.25, -0.2) is 9.55 Å². The fourth-order valence-corrected chi connectivity index (χ4v) is 4.36. The van der Waals surface area contributed by atoms with Crippen LogP contribution in [0.1, 0.15) is 16.7 Å². The summed E-state index contributed by atoms with van der Waals surface area (Å²) in [6, 6.07) is 24.7. The second-order valence-corrected chi connectivity index (χ2v) is 8.20. The summed E-state index contributed by atoms with van der Waals surface area (Å²) in [4.78, 5) is 16.0. The molecule has 1 heterocycles. The quantitative estimate of drug-likeness (QED) is 0.358. The molecule has 1 aromatic heterocycles. The second kappa shape index (κ2) is 8.53. The number of nitrogens with zero attached hydrogens (tertiary/aromatic N) is 1. The van der Waals surface area contributed by atoms with Gasteiger partial charge in [-0.2, -0.15) is 0 Å². The Kier molecular flexibility index (Phi) is 5.67. The second-order valence-electron chi connectivity index (χ2n) is 7.23. The van der Waals surface area contributed by atoms with Gasteiger partial charge in [0.1, 0.15) is 6.54 Å². The molecule has 0 radical (unpaired) electrons. The first-order valence-corrected chi connectivity index (χ1v) is 10.6. The number of H-pyrrole nitrogens is 1. The van der Waals surface area contributed by atoms with Crippen molar-refractivity contribution in [3.8, 4) is 0 Å². The number of para-hydroxylation sites is 2. The number of nitrogens with one attached hydrogen (secondary N) is 2. The predicted molar refractivity (Wildman–Crippen MR) is 119 cm³/mol. The van der Waals surface area contributed by atoms with Gasteiger partial charge in [0.25, 0.3) is 0 Å². The molecule has 0 saturated carbocycles. The minimum atomic E-state index is -0.00934. The first-order valence-electron chi connectivity index (χ1n) is 9.64. The summed E-state index contributed by atoms with van der Waals surface area (Å²) in [5.41, 5.74) is 6.56. The van der Waals surface area contributed by atoms with Crippen LogP contribution in [-0.4, -0.2) is 16.6 Å². The van der Waals surface area contributed by atoms with E-state index in [1.165, 1.54) is 17.3 Å². The Labute approximate surface area is 175 Å². The number of aromatic amines is 1. The third-order valence-electron chi connectivity index (χ3n) is 4.71. The van der Waals surface area contributed by atoms with Crippen LogP contribution in [-0.2, 0) is 11.3 Å². The van der Waals surface area contributed by atoms with Crippen LogP contribution in [0.25, 0.3) is 11.0 Å². The largest absolute Gasteiger partial charge is 0.325 e. The van der Waals surface area contributed by atoms with Crippen LogP contribution in [0, 0.1) is 13.8 Å². The topological polar surface area (TPSA) is 48.8 Å². The fraction of sp³-hybridized carbons (Fsp3) is 0.167. The number of thioether (sulfide) groups is 1. The average molecular weight is 403 g/mol. The highest BCUT2D eigenvalue weighted by molar-refractivity contribution is 7.99. The number of fused-ring (bicyclic) bond motifs is 1. The molecule has 0 saturated heterocycles. The van der Waals surface area contributed by atoms with Gasteiger partial charge in [0.05, 0.1) is 5.75 Å². The number of benzene rings is 3. The van der Waals surface area contributed by atoms with Crippen molar-refractivity contribution in [3.63, 3.8) is 0 Å². The van der Waals surface area contributed by atoms with Crippen molar-refractivity contribution in [1.82, 2.24) is 4.98 Å². The average Bonchev–Trinajstić information content (AvgIpc) is 3.04. The molecule has 29 heavy (non-hydrogen) atoms. The molecule has 3 aromatic carbocycles.